The van der Waals surface area contributed by atoms with E-state index in [1.807, 2.05) is 25.2 Å². The zero-order chi connectivity index (χ0) is 26.6. The lowest BCUT2D eigenvalue weighted by Gasteiger charge is -2.33. The largest absolute Gasteiger partial charge is 0.493 e. The number of anilines is 1. The zero-order valence-corrected chi connectivity index (χ0v) is 22.9. The first-order valence-electron chi connectivity index (χ1n) is 13.5. The zero-order valence-electron chi connectivity index (χ0n) is 22.9. The fraction of sp³-hybridized carbons (Fsp3) is 0.406. The number of hydrogen-bond acceptors (Lipinski definition) is 6. The number of nitrogens with one attached hydrogen (secondary N) is 1. The monoisotopic (exact) mass is 514 g/mol. The second-order valence-corrected chi connectivity index (χ2v) is 10.3. The summed E-state index contributed by atoms with van der Waals surface area (Å²) in [4.78, 5) is 15.9. The van der Waals surface area contributed by atoms with E-state index < -0.39 is 0 Å². The highest BCUT2D eigenvalue weighted by Gasteiger charge is 2.29. The van der Waals surface area contributed by atoms with Crippen LogP contribution in [0.3, 0.4) is 0 Å². The molecule has 6 nitrogen and oxygen atoms in total. The van der Waals surface area contributed by atoms with Gasteiger partial charge in [0.1, 0.15) is 0 Å². The standard InChI is InChI=1S/C32H38N2O4/c1-33-26-12-10-23-19-29(36-2)31(37-3)32(38-4)30(23)24-11-13-27(28(35)20-25(24)26)34-16-14-22(15-17-34)18-21-8-6-5-7-9-21/h5-9,11,13,19-20,22,26,33H,10,12,14-18H2,1-4H3. The van der Waals surface area contributed by atoms with E-state index in [9.17, 15) is 4.79 Å². The number of benzene rings is 2. The highest BCUT2D eigenvalue weighted by Crippen LogP contribution is 2.50. The number of nitrogens with zero attached hydrogens (tertiary/aromatic N) is 1. The molecule has 0 saturated carbocycles. The van der Waals surface area contributed by atoms with E-state index in [1.54, 1.807) is 21.3 Å². The average Bonchev–Trinajstić information content (AvgIpc) is 3.20. The molecule has 0 bridgehead atoms. The van der Waals surface area contributed by atoms with Gasteiger partial charge in [0, 0.05) is 24.7 Å². The summed E-state index contributed by atoms with van der Waals surface area (Å²) in [5.74, 6) is 2.50. The first kappa shape index (κ1) is 26.1. The number of piperidine rings is 1. The molecular weight excluding hydrogens is 476 g/mol. The van der Waals surface area contributed by atoms with Crippen LogP contribution < -0.4 is 29.9 Å². The SMILES string of the molecule is CNC1CCc2cc(OC)c(OC)c(OC)c2-c2ccc(N3CCC(Cc4ccccc4)CC3)c(=O)cc21. The fourth-order valence-electron chi connectivity index (χ4n) is 6.19. The van der Waals surface area contributed by atoms with Gasteiger partial charge in [-0.15, -0.1) is 0 Å². The molecule has 1 saturated heterocycles. The van der Waals surface area contributed by atoms with Gasteiger partial charge in [-0.25, -0.2) is 0 Å². The third-order valence-corrected chi connectivity index (χ3v) is 8.19. The fourth-order valence-corrected chi connectivity index (χ4v) is 6.19. The van der Waals surface area contributed by atoms with Crippen molar-refractivity contribution in [2.24, 2.45) is 5.92 Å². The molecule has 0 spiro atoms. The molecule has 2 aliphatic rings. The second-order valence-electron chi connectivity index (χ2n) is 10.3. The molecule has 1 aliphatic heterocycles. The van der Waals surface area contributed by atoms with Crippen molar-refractivity contribution in [3.8, 4) is 28.4 Å². The number of methoxy groups -OCH3 is 3. The maximum atomic E-state index is 13.7. The molecule has 3 aromatic rings. The van der Waals surface area contributed by atoms with Gasteiger partial charge in [-0.05, 0) is 85.5 Å². The predicted octanol–water partition coefficient (Wildman–Crippen LogP) is 5.41. The molecule has 5 rings (SSSR count). The van der Waals surface area contributed by atoms with Crippen LogP contribution in [0.15, 0.2) is 59.4 Å². The normalized spacial score (nSPS) is 17.3. The summed E-state index contributed by atoms with van der Waals surface area (Å²) in [6.45, 7) is 1.78. The minimum Gasteiger partial charge on any atom is -0.493 e. The molecule has 1 unspecified atom stereocenters. The van der Waals surface area contributed by atoms with Crippen molar-refractivity contribution in [2.45, 2.75) is 38.1 Å². The number of ether oxygens (including phenoxy) is 3. The summed E-state index contributed by atoms with van der Waals surface area (Å²) in [5.41, 5.74) is 6.32. The van der Waals surface area contributed by atoms with Crippen LogP contribution in [-0.2, 0) is 12.8 Å². The van der Waals surface area contributed by atoms with E-state index in [-0.39, 0.29) is 11.5 Å². The molecule has 0 amide bonds. The van der Waals surface area contributed by atoms with E-state index in [1.165, 1.54) is 5.56 Å². The van der Waals surface area contributed by atoms with Gasteiger partial charge < -0.3 is 24.4 Å². The van der Waals surface area contributed by atoms with Gasteiger partial charge in [-0.1, -0.05) is 36.4 Å². The minimum absolute atomic E-state index is 0.0451. The average molecular weight is 515 g/mol. The predicted molar refractivity (Wildman–Crippen MR) is 153 cm³/mol. The van der Waals surface area contributed by atoms with Gasteiger partial charge in [0.2, 0.25) is 11.2 Å². The van der Waals surface area contributed by atoms with Gasteiger partial charge in [0.15, 0.2) is 11.5 Å². The molecule has 38 heavy (non-hydrogen) atoms. The van der Waals surface area contributed by atoms with Gasteiger partial charge >= 0.3 is 0 Å². The van der Waals surface area contributed by atoms with Crippen LogP contribution in [0.5, 0.6) is 17.2 Å². The van der Waals surface area contributed by atoms with Crippen LogP contribution in [0, 0.1) is 5.92 Å². The first-order chi connectivity index (χ1) is 18.6. The molecule has 1 atom stereocenters. The Bertz CT molecular complexity index is 1330. The Morgan fingerprint density at radius 3 is 2.29 bits per heavy atom. The molecular formula is C32H38N2O4. The molecule has 1 fully saturated rings. The number of fused-ring (bicyclic) bond motifs is 3. The van der Waals surface area contributed by atoms with Crippen LogP contribution in [0.2, 0.25) is 0 Å². The van der Waals surface area contributed by atoms with Crippen LogP contribution in [0.4, 0.5) is 5.69 Å². The van der Waals surface area contributed by atoms with Crippen molar-refractivity contribution < 1.29 is 14.2 Å². The third kappa shape index (κ3) is 4.97. The van der Waals surface area contributed by atoms with E-state index in [4.69, 9.17) is 14.2 Å². The quantitative estimate of drug-likeness (QED) is 0.455. The summed E-state index contributed by atoms with van der Waals surface area (Å²) >= 11 is 0. The molecule has 1 N–H and O–H groups in total. The molecule has 200 valence electrons. The Morgan fingerprint density at radius 1 is 0.895 bits per heavy atom. The summed E-state index contributed by atoms with van der Waals surface area (Å²) < 4.78 is 17.3. The molecule has 3 aromatic carbocycles. The topological polar surface area (TPSA) is 60.0 Å². The summed E-state index contributed by atoms with van der Waals surface area (Å²) in [6, 6.07) is 18.7. The smallest absolute Gasteiger partial charge is 0.203 e. The Labute approximate surface area is 225 Å². The van der Waals surface area contributed by atoms with Gasteiger partial charge in [-0.3, -0.25) is 4.79 Å². The lowest BCUT2D eigenvalue weighted by molar-refractivity contribution is 0.324. The molecule has 0 radical (unpaired) electrons. The summed E-state index contributed by atoms with van der Waals surface area (Å²) in [7, 11) is 6.88. The van der Waals surface area contributed by atoms with Crippen LogP contribution >= 0.6 is 0 Å². The number of hydrogen-bond donors (Lipinski definition) is 1. The Kier molecular flexibility index (Phi) is 7.89. The van der Waals surface area contributed by atoms with E-state index in [0.29, 0.717) is 23.2 Å². The lowest BCUT2D eigenvalue weighted by Crippen LogP contribution is -2.36. The van der Waals surface area contributed by atoms with Gasteiger partial charge in [0.05, 0.1) is 27.0 Å². The Hall–Kier alpha value is -3.51. The van der Waals surface area contributed by atoms with Crippen LogP contribution in [0.1, 0.15) is 42.0 Å². The van der Waals surface area contributed by atoms with Gasteiger partial charge in [0.25, 0.3) is 0 Å². The maximum Gasteiger partial charge on any atom is 0.203 e. The van der Waals surface area contributed by atoms with Crippen molar-refractivity contribution in [1.29, 1.82) is 0 Å². The first-order valence-corrected chi connectivity index (χ1v) is 13.5. The Morgan fingerprint density at radius 2 is 1.63 bits per heavy atom. The second kappa shape index (κ2) is 11.5. The molecule has 1 aliphatic carbocycles. The van der Waals surface area contributed by atoms with Crippen molar-refractivity contribution in [1.82, 2.24) is 5.32 Å². The van der Waals surface area contributed by atoms with E-state index >= 15 is 0 Å². The number of rotatable bonds is 7. The van der Waals surface area contributed by atoms with Crippen molar-refractivity contribution >= 4 is 5.69 Å². The molecule has 6 heteroatoms. The van der Waals surface area contributed by atoms with Gasteiger partial charge in [-0.2, -0.15) is 0 Å². The summed E-state index contributed by atoms with van der Waals surface area (Å²) in [6.07, 6.45) is 4.95. The van der Waals surface area contributed by atoms with E-state index in [2.05, 4.69) is 46.6 Å². The van der Waals surface area contributed by atoms with Crippen molar-refractivity contribution in [3.05, 3.63) is 81.5 Å². The highest BCUT2D eigenvalue weighted by molar-refractivity contribution is 5.83. The van der Waals surface area contributed by atoms with E-state index in [0.717, 1.165) is 73.1 Å². The number of aryl methyl sites for hydroxylation is 1. The van der Waals surface area contributed by atoms with Crippen LogP contribution in [-0.4, -0.2) is 41.5 Å². The molecule has 1 heterocycles. The maximum absolute atomic E-state index is 13.7. The lowest BCUT2D eigenvalue weighted by atomic mass is 9.90. The Balaban J connectivity index is 1.53. The third-order valence-electron chi connectivity index (χ3n) is 8.19. The highest BCUT2D eigenvalue weighted by atomic mass is 16.5. The van der Waals surface area contributed by atoms with Crippen molar-refractivity contribution in [2.75, 3.05) is 46.4 Å². The summed E-state index contributed by atoms with van der Waals surface area (Å²) in [5, 5.41) is 3.44. The van der Waals surface area contributed by atoms with Crippen LogP contribution in [0.25, 0.3) is 11.1 Å². The molecule has 0 aromatic heterocycles. The minimum atomic E-state index is 0.0451. The van der Waals surface area contributed by atoms with Crippen molar-refractivity contribution in [3.63, 3.8) is 0 Å².